The van der Waals surface area contributed by atoms with Crippen LogP contribution in [0.2, 0.25) is 0 Å². The van der Waals surface area contributed by atoms with Crippen LogP contribution in [0.15, 0.2) is 10.6 Å². The summed E-state index contributed by atoms with van der Waals surface area (Å²) in [5.74, 6) is -0.531. The molecule has 0 saturated heterocycles. The van der Waals surface area contributed by atoms with Crippen LogP contribution >= 0.6 is 11.3 Å². The van der Waals surface area contributed by atoms with E-state index in [0.717, 1.165) is 23.3 Å². The van der Waals surface area contributed by atoms with Crippen molar-refractivity contribution >= 4 is 34.2 Å². The Morgan fingerprint density at radius 3 is 2.77 bits per heavy atom. The van der Waals surface area contributed by atoms with E-state index < -0.39 is 17.9 Å². The number of anilines is 1. The third-order valence-electron chi connectivity index (χ3n) is 4.22. The SMILES string of the molecule is COC(=O)NC(=O)c1c(NC(=O)c2cc(C)no2)sc2c1CCC(C)C2. The lowest BCUT2D eigenvalue weighted by Crippen LogP contribution is -2.31. The summed E-state index contributed by atoms with van der Waals surface area (Å²) in [6.45, 7) is 3.85. The summed E-state index contributed by atoms with van der Waals surface area (Å²) >= 11 is 1.35. The number of rotatable bonds is 3. The molecule has 8 nitrogen and oxygen atoms in total. The van der Waals surface area contributed by atoms with Crippen molar-refractivity contribution in [2.45, 2.75) is 33.1 Å². The van der Waals surface area contributed by atoms with Crippen molar-refractivity contribution in [1.82, 2.24) is 10.5 Å². The zero-order valence-electron chi connectivity index (χ0n) is 14.7. The second-order valence-electron chi connectivity index (χ2n) is 6.29. The number of carbonyl (C=O) groups excluding carboxylic acids is 3. The molecule has 2 N–H and O–H groups in total. The van der Waals surface area contributed by atoms with Crippen LogP contribution in [0.3, 0.4) is 0 Å². The van der Waals surface area contributed by atoms with Gasteiger partial charge in [-0.1, -0.05) is 12.1 Å². The molecule has 1 aliphatic carbocycles. The van der Waals surface area contributed by atoms with Crippen LogP contribution in [0.5, 0.6) is 0 Å². The van der Waals surface area contributed by atoms with Gasteiger partial charge >= 0.3 is 6.09 Å². The van der Waals surface area contributed by atoms with E-state index in [1.165, 1.54) is 24.5 Å². The van der Waals surface area contributed by atoms with Crippen LogP contribution < -0.4 is 10.6 Å². The molecular formula is C17H19N3O5S. The molecule has 0 aromatic carbocycles. The Labute approximate surface area is 153 Å². The van der Waals surface area contributed by atoms with Gasteiger partial charge in [-0.25, -0.2) is 4.79 Å². The Hall–Kier alpha value is -2.68. The van der Waals surface area contributed by atoms with Crippen molar-refractivity contribution in [3.8, 4) is 0 Å². The van der Waals surface area contributed by atoms with E-state index >= 15 is 0 Å². The lowest BCUT2D eigenvalue weighted by atomic mass is 9.88. The van der Waals surface area contributed by atoms with Gasteiger partial charge in [0.2, 0.25) is 5.76 Å². The first-order valence-corrected chi connectivity index (χ1v) is 8.99. The van der Waals surface area contributed by atoms with Crippen molar-refractivity contribution in [2.24, 2.45) is 5.92 Å². The molecule has 0 fully saturated rings. The van der Waals surface area contributed by atoms with E-state index in [1.807, 2.05) is 0 Å². The molecule has 3 amide bonds. The van der Waals surface area contributed by atoms with E-state index in [4.69, 9.17) is 4.52 Å². The van der Waals surface area contributed by atoms with E-state index in [9.17, 15) is 14.4 Å². The molecule has 0 aliphatic heterocycles. The van der Waals surface area contributed by atoms with Gasteiger partial charge in [0.05, 0.1) is 18.4 Å². The van der Waals surface area contributed by atoms with E-state index in [1.54, 1.807) is 6.92 Å². The molecule has 2 aromatic heterocycles. The first-order valence-electron chi connectivity index (χ1n) is 8.17. The van der Waals surface area contributed by atoms with Crippen molar-refractivity contribution in [3.05, 3.63) is 33.5 Å². The highest BCUT2D eigenvalue weighted by molar-refractivity contribution is 7.17. The van der Waals surface area contributed by atoms with Gasteiger partial charge in [-0.15, -0.1) is 11.3 Å². The molecule has 0 saturated carbocycles. The highest BCUT2D eigenvalue weighted by Gasteiger charge is 2.29. The number of methoxy groups -OCH3 is 1. The van der Waals surface area contributed by atoms with Crippen LogP contribution in [-0.4, -0.2) is 30.2 Å². The number of nitrogens with zero attached hydrogens (tertiary/aromatic N) is 1. The Morgan fingerprint density at radius 2 is 2.12 bits per heavy atom. The molecule has 2 aromatic rings. The van der Waals surface area contributed by atoms with Crippen LogP contribution in [0, 0.1) is 12.8 Å². The fourth-order valence-electron chi connectivity index (χ4n) is 2.92. The standard InChI is InChI=1S/C17H19N3O5S/c1-8-4-5-10-12(6-8)26-16(13(10)15(22)19-17(23)24-3)18-14(21)11-7-9(2)20-25-11/h7-8H,4-6H2,1-3H3,(H,18,21)(H,19,22,23). The summed E-state index contributed by atoms with van der Waals surface area (Å²) in [5, 5.41) is 8.97. The Bertz CT molecular complexity index is 870. The van der Waals surface area contributed by atoms with Crippen LogP contribution in [0.1, 0.15) is 50.4 Å². The van der Waals surface area contributed by atoms with Crippen LogP contribution in [-0.2, 0) is 17.6 Å². The number of carbonyl (C=O) groups is 3. The third kappa shape index (κ3) is 3.62. The van der Waals surface area contributed by atoms with E-state index in [-0.39, 0.29) is 5.76 Å². The summed E-state index contributed by atoms with van der Waals surface area (Å²) in [5.41, 5.74) is 1.77. The highest BCUT2D eigenvalue weighted by Crippen LogP contribution is 2.39. The second kappa shape index (κ2) is 7.28. The zero-order valence-corrected chi connectivity index (χ0v) is 15.5. The maximum absolute atomic E-state index is 12.6. The molecule has 3 rings (SSSR count). The third-order valence-corrected chi connectivity index (χ3v) is 5.39. The summed E-state index contributed by atoms with van der Waals surface area (Å²) < 4.78 is 9.46. The minimum absolute atomic E-state index is 0.0570. The van der Waals surface area contributed by atoms with Crippen LogP contribution in [0.25, 0.3) is 0 Å². The predicted molar refractivity (Wildman–Crippen MR) is 94.6 cm³/mol. The Kier molecular flexibility index (Phi) is 5.08. The van der Waals surface area contributed by atoms with Crippen molar-refractivity contribution in [1.29, 1.82) is 0 Å². The molecule has 2 heterocycles. The first kappa shape index (κ1) is 18.1. The summed E-state index contributed by atoms with van der Waals surface area (Å²) in [4.78, 5) is 37.5. The number of hydrogen-bond donors (Lipinski definition) is 2. The number of ether oxygens (including phenoxy) is 1. The monoisotopic (exact) mass is 377 g/mol. The van der Waals surface area contributed by atoms with Crippen LogP contribution in [0.4, 0.5) is 9.80 Å². The predicted octanol–water partition coefficient (Wildman–Crippen LogP) is 2.92. The first-order chi connectivity index (χ1) is 12.4. The topological polar surface area (TPSA) is 111 Å². The molecule has 1 unspecified atom stereocenters. The lowest BCUT2D eigenvalue weighted by Gasteiger charge is -2.18. The molecule has 0 spiro atoms. The molecule has 0 radical (unpaired) electrons. The molecule has 138 valence electrons. The number of amides is 3. The van der Waals surface area contributed by atoms with Gasteiger partial charge in [0.15, 0.2) is 0 Å². The number of imide groups is 1. The van der Waals surface area contributed by atoms with Gasteiger partial charge in [0.1, 0.15) is 5.00 Å². The van der Waals surface area contributed by atoms with Gasteiger partial charge in [-0.3, -0.25) is 14.9 Å². The molecule has 0 bridgehead atoms. The molecular weight excluding hydrogens is 358 g/mol. The van der Waals surface area contributed by atoms with Gasteiger partial charge in [0.25, 0.3) is 11.8 Å². The van der Waals surface area contributed by atoms with Gasteiger partial charge in [-0.2, -0.15) is 0 Å². The van der Waals surface area contributed by atoms with Gasteiger partial charge in [0, 0.05) is 10.9 Å². The molecule has 1 aliphatic rings. The Balaban J connectivity index is 1.94. The van der Waals surface area contributed by atoms with Crippen molar-refractivity contribution in [2.75, 3.05) is 12.4 Å². The lowest BCUT2D eigenvalue weighted by molar-refractivity contribution is 0.0937. The van der Waals surface area contributed by atoms with E-state index in [0.29, 0.717) is 28.6 Å². The maximum Gasteiger partial charge on any atom is 0.413 e. The molecule has 1 atom stereocenters. The maximum atomic E-state index is 12.6. The molecule has 9 heteroatoms. The van der Waals surface area contributed by atoms with Crippen molar-refractivity contribution in [3.63, 3.8) is 0 Å². The fraction of sp³-hybridized carbons (Fsp3) is 0.412. The average molecular weight is 377 g/mol. The summed E-state index contributed by atoms with van der Waals surface area (Å²) in [6, 6.07) is 1.51. The average Bonchev–Trinajstić information content (AvgIpc) is 3.17. The number of alkyl carbamates (subject to hydrolysis) is 1. The normalized spacial score (nSPS) is 15.9. The number of fused-ring (bicyclic) bond motifs is 1. The van der Waals surface area contributed by atoms with Gasteiger partial charge in [-0.05, 0) is 37.7 Å². The minimum atomic E-state index is -0.845. The minimum Gasteiger partial charge on any atom is -0.453 e. The zero-order chi connectivity index (χ0) is 18.8. The number of thiophene rings is 1. The number of hydrogen-bond acceptors (Lipinski definition) is 7. The summed E-state index contributed by atoms with van der Waals surface area (Å²) in [6.07, 6.45) is 1.64. The summed E-state index contributed by atoms with van der Waals surface area (Å²) in [7, 11) is 1.18. The van der Waals surface area contributed by atoms with Crippen molar-refractivity contribution < 1.29 is 23.6 Å². The fourth-order valence-corrected chi connectivity index (χ4v) is 4.32. The number of aromatic nitrogens is 1. The Morgan fingerprint density at radius 1 is 1.35 bits per heavy atom. The molecule has 26 heavy (non-hydrogen) atoms. The quantitative estimate of drug-likeness (QED) is 0.851. The van der Waals surface area contributed by atoms with Gasteiger partial charge < -0.3 is 14.6 Å². The number of nitrogens with one attached hydrogen (secondary N) is 2. The highest BCUT2D eigenvalue weighted by atomic mass is 32.1. The number of aryl methyl sites for hydroxylation is 1. The largest absolute Gasteiger partial charge is 0.453 e. The smallest absolute Gasteiger partial charge is 0.413 e. The second-order valence-corrected chi connectivity index (χ2v) is 7.39. The van der Waals surface area contributed by atoms with E-state index in [2.05, 4.69) is 27.5 Å².